The molecule has 0 bridgehead atoms. The Balaban J connectivity index is 3.65. The molecule has 17 heavy (non-hydrogen) atoms. The molecule has 0 aromatic rings. The second-order valence-electron chi connectivity index (χ2n) is 3.63. The monoisotopic (exact) mass is 283 g/mol. The molecule has 6 nitrogen and oxygen atoms in total. The van der Waals surface area contributed by atoms with Gasteiger partial charge in [0.2, 0.25) is 10.0 Å². The Morgan fingerprint density at radius 3 is 2.41 bits per heavy atom. The van der Waals surface area contributed by atoms with Gasteiger partial charge < -0.3 is 15.4 Å². The predicted molar refractivity (Wildman–Crippen MR) is 72.6 cm³/mol. The van der Waals surface area contributed by atoms with Gasteiger partial charge in [-0.05, 0) is 18.6 Å². The van der Waals surface area contributed by atoms with Crippen LogP contribution in [-0.2, 0) is 14.8 Å². The molecule has 0 saturated carbocycles. The van der Waals surface area contributed by atoms with E-state index in [-0.39, 0.29) is 5.75 Å². The number of methoxy groups -OCH3 is 1. The summed E-state index contributed by atoms with van der Waals surface area (Å²) in [5.41, 5.74) is 0. The zero-order chi connectivity index (χ0) is 13.3. The summed E-state index contributed by atoms with van der Waals surface area (Å²) in [5, 5.41) is 6.28. The Hall–Kier alpha value is -0.440. The van der Waals surface area contributed by atoms with Gasteiger partial charge in [-0.25, -0.2) is 12.7 Å². The Kier molecular flexibility index (Phi) is 8.40. The number of sulfonamides is 1. The molecule has 0 radical (unpaired) electrons. The van der Waals surface area contributed by atoms with Gasteiger partial charge >= 0.3 is 0 Å². The van der Waals surface area contributed by atoms with Crippen LogP contribution in [0.1, 0.15) is 6.42 Å². The quantitative estimate of drug-likeness (QED) is 0.457. The smallest absolute Gasteiger partial charge is 0.215 e. The molecule has 8 heteroatoms. The zero-order valence-corrected chi connectivity index (χ0v) is 12.2. The van der Waals surface area contributed by atoms with Crippen LogP contribution in [0.2, 0.25) is 0 Å². The molecular formula is C9H21N3O3S2. The van der Waals surface area contributed by atoms with Crippen molar-refractivity contribution in [3.8, 4) is 0 Å². The first-order valence-corrected chi connectivity index (χ1v) is 7.32. The van der Waals surface area contributed by atoms with Gasteiger partial charge in [-0.1, -0.05) is 0 Å². The van der Waals surface area contributed by atoms with Gasteiger partial charge in [0.1, 0.15) is 0 Å². The van der Waals surface area contributed by atoms with Crippen molar-refractivity contribution in [2.75, 3.05) is 46.7 Å². The van der Waals surface area contributed by atoms with E-state index in [0.717, 1.165) is 6.42 Å². The fourth-order valence-electron chi connectivity index (χ4n) is 0.957. The molecule has 0 fully saturated rings. The molecule has 0 aliphatic rings. The first kappa shape index (κ1) is 16.6. The molecular weight excluding hydrogens is 262 g/mol. The van der Waals surface area contributed by atoms with Gasteiger partial charge in [-0.3, -0.25) is 0 Å². The van der Waals surface area contributed by atoms with Crippen molar-refractivity contribution >= 4 is 27.4 Å². The number of rotatable bonds is 8. The van der Waals surface area contributed by atoms with Crippen LogP contribution in [-0.4, -0.2) is 64.5 Å². The Labute approximate surface area is 109 Å². The number of thiocarbonyl (C=S) groups is 1. The largest absolute Gasteiger partial charge is 0.385 e. The summed E-state index contributed by atoms with van der Waals surface area (Å²) in [6.45, 7) is 1.68. The average molecular weight is 283 g/mol. The van der Waals surface area contributed by atoms with E-state index in [1.54, 1.807) is 7.11 Å². The van der Waals surface area contributed by atoms with E-state index >= 15 is 0 Å². The summed E-state index contributed by atoms with van der Waals surface area (Å²) in [5.74, 6) is 0.0277. The zero-order valence-electron chi connectivity index (χ0n) is 10.5. The number of nitrogens with zero attached hydrogens (tertiary/aromatic N) is 1. The highest BCUT2D eigenvalue weighted by atomic mass is 32.2. The highest BCUT2D eigenvalue weighted by Crippen LogP contribution is 1.91. The van der Waals surface area contributed by atoms with Crippen LogP contribution in [0, 0.1) is 0 Å². The highest BCUT2D eigenvalue weighted by Gasteiger charge is 2.12. The molecule has 0 spiro atoms. The summed E-state index contributed by atoms with van der Waals surface area (Å²) in [7, 11) is 1.50. The summed E-state index contributed by atoms with van der Waals surface area (Å²) >= 11 is 4.99. The molecule has 0 saturated heterocycles. The predicted octanol–water partition coefficient (Wildman–Crippen LogP) is -0.622. The van der Waals surface area contributed by atoms with E-state index in [9.17, 15) is 8.42 Å². The molecule has 0 amide bonds. The fourth-order valence-corrected chi connectivity index (χ4v) is 1.89. The molecule has 0 aliphatic carbocycles. The number of hydrogen-bond acceptors (Lipinski definition) is 4. The number of hydrogen-bond donors (Lipinski definition) is 2. The van der Waals surface area contributed by atoms with E-state index < -0.39 is 10.0 Å². The molecule has 0 unspecified atom stereocenters. The van der Waals surface area contributed by atoms with E-state index in [1.807, 2.05) is 0 Å². The van der Waals surface area contributed by atoms with E-state index in [2.05, 4.69) is 10.6 Å². The second kappa shape index (κ2) is 8.62. The Morgan fingerprint density at radius 1 is 1.29 bits per heavy atom. The summed E-state index contributed by atoms with van der Waals surface area (Å²) < 4.78 is 28.9. The third-order valence-electron chi connectivity index (χ3n) is 2.01. The van der Waals surface area contributed by atoms with Crippen LogP contribution in [0.25, 0.3) is 0 Å². The normalized spacial score (nSPS) is 11.5. The van der Waals surface area contributed by atoms with Crippen molar-refractivity contribution in [2.45, 2.75) is 6.42 Å². The van der Waals surface area contributed by atoms with Crippen molar-refractivity contribution in [3.63, 3.8) is 0 Å². The first-order chi connectivity index (χ1) is 7.90. The van der Waals surface area contributed by atoms with Gasteiger partial charge in [0.25, 0.3) is 0 Å². The maximum Gasteiger partial charge on any atom is 0.215 e. The minimum atomic E-state index is -3.16. The van der Waals surface area contributed by atoms with Gasteiger partial charge in [-0.2, -0.15) is 0 Å². The molecule has 0 aliphatic heterocycles. The molecule has 0 aromatic carbocycles. The lowest BCUT2D eigenvalue weighted by molar-refractivity contribution is 0.195. The fraction of sp³-hybridized carbons (Fsp3) is 0.889. The number of nitrogens with one attached hydrogen (secondary N) is 2. The summed E-state index contributed by atoms with van der Waals surface area (Å²) in [6, 6.07) is 0. The minimum Gasteiger partial charge on any atom is -0.385 e. The Morgan fingerprint density at radius 2 is 1.88 bits per heavy atom. The maximum absolute atomic E-state index is 11.4. The van der Waals surface area contributed by atoms with Crippen LogP contribution < -0.4 is 10.6 Å². The number of ether oxygens (including phenoxy) is 1. The average Bonchev–Trinajstić information content (AvgIpc) is 2.24. The van der Waals surface area contributed by atoms with Crippen molar-refractivity contribution in [1.29, 1.82) is 0 Å². The van der Waals surface area contributed by atoms with E-state index in [4.69, 9.17) is 17.0 Å². The maximum atomic E-state index is 11.4. The van der Waals surface area contributed by atoms with Crippen LogP contribution >= 0.6 is 12.2 Å². The van der Waals surface area contributed by atoms with Crippen molar-refractivity contribution in [2.24, 2.45) is 0 Å². The van der Waals surface area contributed by atoms with E-state index in [1.165, 1.54) is 18.4 Å². The standard InChI is InChI=1S/C9H21N3O3S2/c1-12(2)17(13,14)8-6-11-9(16)10-5-4-7-15-3/h4-8H2,1-3H3,(H2,10,11,16). The molecule has 0 atom stereocenters. The van der Waals surface area contributed by atoms with E-state index in [0.29, 0.717) is 24.8 Å². The SMILES string of the molecule is COCCCNC(=S)NCCS(=O)(=O)N(C)C. The van der Waals surface area contributed by atoms with Gasteiger partial charge in [0, 0.05) is 40.9 Å². The molecule has 102 valence electrons. The lowest BCUT2D eigenvalue weighted by atomic mass is 10.4. The summed E-state index contributed by atoms with van der Waals surface area (Å²) in [4.78, 5) is 0. The van der Waals surface area contributed by atoms with Gasteiger partial charge in [-0.15, -0.1) is 0 Å². The van der Waals surface area contributed by atoms with Gasteiger partial charge in [0.15, 0.2) is 5.11 Å². The van der Waals surface area contributed by atoms with Crippen molar-refractivity contribution in [1.82, 2.24) is 14.9 Å². The second-order valence-corrected chi connectivity index (χ2v) is 6.34. The van der Waals surface area contributed by atoms with Crippen LogP contribution in [0.3, 0.4) is 0 Å². The third kappa shape index (κ3) is 8.31. The third-order valence-corrected chi connectivity index (χ3v) is 4.13. The van der Waals surface area contributed by atoms with Crippen LogP contribution in [0.15, 0.2) is 0 Å². The topological polar surface area (TPSA) is 70.7 Å². The van der Waals surface area contributed by atoms with Crippen LogP contribution in [0.5, 0.6) is 0 Å². The first-order valence-electron chi connectivity index (χ1n) is 5.31. The highest BCUT2D eigenvalue weighted by molar-refractivity contribution is 7.89. The van der Waals surface area contributed by atoms with Crippen LogP contribution in [0.4, 0.5) is 0 Å². The molecule has 0 aromatic heterocycles. The Bertz CT molecular complexity index is 317. The minimum absolute atomic E-state index is 0.0277. The molecule has 0 heterocycles. The molecule has 2 N–H and O–H groups in total. The van der Waals surface area contributed by atoms with Crippen molar-refractivity contribution in [3.05, 3.63) is 0 Å². The van der Waals surface area contributed by atoms with Gasteiger partial charge in [0.05, 0.1) is 5.75 Å². The lowest BCUT2D eigenvalue weighted by Crippen LogP contribution is -2.39. The molecule has 0 rings (SSSR count). The van der Waals surface area contributed by atoms with Crippen molar-refractivity contribution < 1.29 is 13.2 Å². The lowest BCUT2D eigenvalue weighted by Gasteiger charge is -2.13. The summed E-state index contributed by atoms with van der Waals surface area (Å²) in [6.07, 6.45) is 0.855.